The fraction of sp³-hybridized carbons (Fsp3) is 0.667. The molecule has 0 saturated heterocycles. The highest BCUT2D eigenvalue weighted by Gasteiger charge is 2.14. The number of imide groups is 1. The van der Waals surface area contributed by atoms with Crippen molar-refractivity contribution >= 4 is 27.9 Å². The topological polar surface area (TPSA) is 142 Å². The van der Waals surface area contributed by atoms with Gasteiger partial charge < -0.3 is 15.2 Å². The highest BCUT2D eigenvalue weighted by atomic mass is 32.2. The summed E-state index contributed by atoms with van der Waals surface area (Å²) < 4.78 is 28.2. The first-order chi connectivity index (χ1) is 9.15. The molecular formula is C9H17N3O7S. The average Bonchev–Trinajstić information content (AvgIpc) is 2.27. The second-order valence-electron chi connectivity index (χ2n) is 3.79. The summed E-state index contributed by atoms with van der Waals surface area (Å²) in [5.74, 6) is -2.38. The van der Waals surface area contributed by atoms with Gasteiger partial charge in [-0.3, -0.25) is 10.1 Å². The first kappa shape index (κ1) is 18.3. The van der Waals surface area contributed by atoms with Crippen LogP contribution in [0.2, 0.25) is 0 Å². The summed E-state index contributed by atoms with van der Waals surface area (Å²) in [6.45, 7) is -1.42. The van der Waals surface area contributed by atoms with Gasteiger partial charge in [-0.1, -0.05) is 0 Å². The van der Waals surface area contributed by atoms with Gasteiger partial charge in [0.1, 0.15) is 13.2 Å². The molecule has 10 nitrogen and oxygen atoms in total. The van der Waals surface area contributed by atoms with Gasteiger partial charge in [-0.15, -0.1) is 0 Å². The molecular weight excluding hydrogens is 294 g/mol. The van der Waals surface area contributed by atoms with Crippen LogP contribution in [0.5, 0.6) is 0 Å². The minimum atomic E-state index is -3.43. The highest BCUT2D eigenvalue weighted by Crippen LogP contribution is 1.91. The summed E-state index contributed by atoms with van der Waals surface area (Å²) in [6, 6.07) is -0.886. The molecule has 0 aliphatic rings. The molecule has 0 aromatic heterocycles. The van der Waals surface area contributed by atoms with Gasteiger partial charge in [0, 0.05) is 20.6 Å². The lowest BCUT2D eigenvalue weighted by atomic mass is 10.6. The number of aliphatic carboxylic acids is 1. The standard InChI is InChI=1S/C9H17N3O7S/c1-12(2)20(17,18)4-3-10-9(16)11-7(13)5-19-6-8(14)15/h3-6H2,1-2H3,(H,14,15)(H2,10,11,13,16). The van der Waals surface area contributed by atoms with Crippen molar-refractivity contribution in [1.29, 1.82) is 0 Å². The van der Waals surface area contributed by atoms with E-state index in [9.17, 15) is 22.8 Å². The predicted octanol–water partition coefficient (Wildman–Crippen LogP) is -2.20. The van der Waals surface area contributed by atoms with Gasteiger partial charge in [0.05, 0.1) is 5.75 Å². The van der Waals surface area contributed by atoms with Crippen molar-refractivity contribution in [1.82, 2.24) is 14.9 Å². The highest BCUT2D eigenvalue weighted by molar-refractivity contribution is 7.89. The zero-order valence-corrected chi connectivity index (χ0v) is 11.9. The van der Waals surface area contributed by atoms with E-state index in [4.69, 9.17) is 5.11 Å². The minimum Gasteiger partial charge on any atom is -0.480 e. The number of amides is 3. The van der Waals surface area contributed by atoms with Crippen molar-refractivity contribution in [2.45, 2.75) is 0 Å². The Morgan fingerprint density at radius 2 is 1.80 bits per heavy atom. The number of hydrogen-bond donors (Lipinski definition) is 3. The number of rotatable bonds is 8. The van der Waals surface area contributed by atoms with Crippen molar-refractivity contribution in [3.63, 3.8) is 0 Å². The smallest absolute Gasteiger partial charge is 0.329 e. The zero-order chi connectivity index (χ0) is 15.8. The summed E-state index contributed by atoms with van der Waals surface area (Å²) in [5.41, 5.74) is 0. The molecule has 11 heteroatoms. The molecule has 0 aliphatic carbocycles. The lowest BCUT2D eigenvalue weighted by Crippen LogP contribution is -2.43. The number of ether oxygens (including phenoxy) is 1. The maximum Gasteiger partial charge on any atom is 0.329 e. The third-order valence-electron chi connectivity index (χ3n) is 1.91. The van der Waals surface area contributed by atoms with E-state index < -0.39 is 41.1 Å². The molecule has 0 spiro atoms. The maximum absolute atomic E-state index is 11.4. The van der Waals surface area contributed by atoms with Crippen molar-refractivity contribution in [3.05, 3.63) is 0 Å². The van der Waals surface area contributed by atoms with Gasteiger partial charge in [0.2, 0.25) is 10.0 Å². The fourth-order valence-electron chi connectivity index (χ4n) is 0.914. The molecule has 0 aliphatic heterocycles. The molecule has 0 saturated carbocycles. The van der Waals surface area contributed by atoms with E-state index in [2.05, 4.69) is 10.1 Å². The molecule has 0 rings (SSSR count). The molecule has 0 aromatic carbocycles. The van der Waals surface area contributed by atoms with Crippen LogP contribution < -0.4 is 10.6 Å². The summed E-state index contributed by atoms with van der Waals surface area (Å²) in [4.78, 5) is 32.4. The Kier molecular flexibility index (Phi) is 7.72. The van der Waals surface area contributed by atoms with Crippen LogP contribution in [0, 0.1) is 0 Å². The molecule has 116 valence electrons. The van der Waals surface area contributed by atoms with Crippen molar-refractivity contribution < 1.29 is 32.6 Å². The number of carboxylic acids is 1. The Bertz CT molecular complexity index is 460. The normalized spacial score (nSPS) is 11.2. The second-order valence-corrected chi connectivity index (χ2v) is 6.09. The van der Waals surface area contributed by atoms with Crippen LogP contribution in [0.4, 0.5) is 4.79 Å². The number of carbonyl (C=O) groups excluding carboxylic acids is 2. The summed E-state index contributed by atoms with van der Waals surface area (Å²) in [7, 11) is -0.710. The third-order valence-corrected chi connectivity index (χ3v) is 3.75. The van der Waals surface area contributed by atoms with Crippen LogP contribution in [-0.4, -0.2) is 75.3 Å². The molecule has 0 radical (unpaired) electrons. The van der Waals surface area contributed by atoms with Crippen LogP contribution >= 0.6 is 0 Å². The van der Waals surface area contributed by atoms with E-state index in [1.807, 2.05) is 5.32 Å². The molecule has 3 N–H and O–H groups in total. The van der Waals surface area contributed by atoms with E-state index in [-0.39, 0.29) is 12.3 Å². The second kappa shape index (κ2) is 8.45. The van der Waals surface area contributed by atoms with Gasteiger partial charge in [-0.25, -0.2) is 22.3 Å². The number of carbonyl (C=O) groups is 3. The molecule has 0 bridgehead atoms. The van der Waals surface area contributed by atoms with E-state index in [1.165, 1.54) is 14.1 Å². The number of nitrogens with zero attached hydrogens (tertiary/aromatic N) is 1. The van der Waals surface area contributed by atoms with Crippen LogP contribution in [0.3, 0.4) is 0 Å². The number of nitrogens with one attached hydrogen (secondary N) is 2. The Balaban J connectivity index is 3.89. The maximum atomic E-state index is 11.4. The minimum absolute atomic E-state index is 0.171. The fourth-order valence-corrected chi connectivity index (χ4v) is 1.64. The first-order valence-corrected chi connectivity index (χ1v) is 7.03. The molecule has 0 aromatic rings. The largest absolute Gasteiger partial charge is 0.480 e. The lowest BCUT2D eigenvalue weighted by Gasteiger charge is -2.11. The van der Waals surface area contributed by atoms with Crippen LogP contribution in [-0.2, 0) is 24.3 Å². The molecule has 20 heavy (non-hydrogen) atoms. The molecule has 0 atom stereocenters. The first-order valence-electron chi connectivity index (χ1n) is 5.42. The Morgan fingerprint density at radius 3 is 2.30 bits per heavy atom. The number of urea groups is 1. The van der Waals surface area contributed by atoms with Gasteiger partial charge in [0.25, 0.3) is 5.91 Å². The van der Waals surface area contributed by atoms with Gasteiger partial charge >= 0.3 is 12.0 Å². The molecule has 0 unspecified atom stereocenters. The lowest BCUT2D eigenvalue weighted by molar-refractivity contribution is -0.143. The SMILES string of the molecule is CN(C)S(=O)(=O)CCNC(=O)NC(=O)COCC(=O)O. The van der Waals surface area contributed by atoms with Crippen molar-refractivity contribution in [3.8, 4) is 0 Å². The van der Waals surface area contributed by atoms with E-state index in [0.717, 1.165) is 4.31 Å². The van der Waals surface area contributed by atoms with E-state index in [1.54, 1.807) is 0 Å². The van der Waals surface area contributed by atoms with E-state index in [0.29, 0.717) is 0 Å². The molecule has 0 fully saturated rings. The summed E-state index contributed by atoms with van der Waals surface area (Å²) in [6.07, 6.45) is 0. The predicted molar refractivity (Wildman–Crippen MR) is 67.5 cm³/mol. The Morgan fingerprint density at radius 1 is 1.20 bits per heavy atom. The zero-order valence-electron chi connectivity index (χ0n) is 11.1. The molecule has 0 heterocycles. The van der Waals surface area contributed by atoms with Gasteiger partial charge in [0.15, 0.2) is 0 Å². The van der Waals surface area contributed by atoms with Gasteiger partial charge in [-0.2, -0.15) is 0 Å². The van der Waals surface area contributed by atoms with E-state index >= 15 is 0 Å². The summed E-state index contributed by atoms with van der Waals surface area (Å²) in [5, 5.41) is 12.3. The Labute approximate surface area is 116 Å². The van der Waals surface area contributed by atoms with Gasteiger partial charge in [-0.05, 0) is 0 Å². The van der Waals surface area contributed by atoms with Crippen molar-refractivity contribution in [2.75, 3.05) is 39.6 Å². The number of carboxylic acid groups (broad SMARTS) is 1. The van der Waals surface area contributed by atoms with Crippen LogP contribution in [0.25, 0.3) is 0 Å². The number of sulfonamides is 1. The Hall–Kier alpha value is -1.72. The third kappa shape index (κ3) is 8.39. The number of hydrogen-bond acceptors (Lipinski definition) is 6. The summed E-state index contributed by atoms with van der Waals surface area (Å²) >= 11 is 0. The van der Waals surface area contributed by atoms with Crippen molar-refractivity contribution in [2.24, 2.45) is 0 Å². The van der Waals surface area contributed by atoms with Crippen LogP contribution in [0.1, 0.15) is 0 Å². The van der Waals surface area contributed by atoms with Crippen LogP contribution in [0.15, 0.2) is 0 Å². The monoisotopic (exact) mass is 311 g/mol. The quantitative estimate of drug-likeness (QED) is 0.462. The molecule has 3 amide bonds. The average molecular weight is 311 g/mol.